The van der Waals surface area contributed by atoms with Crippen LogP contribution in [0, 0.1) is 11.6 Å². The number of aromatic hydroxyl groups is 1. The number of rotatable bonds is 4. The Kier molecular flexibility index (Phi) is 6.54. The van der Waals surface area contributed by atoms with E-state index in [0.29, 0.717) is 18.9 Å². The number of aliphatic hydroxyl groups is 1. The number of aliphatic hydroxyl groups excluding tert-OH is 1. The highest BCUT2D eigenvalue weighted by molar-refractivity contribution is 5.99. The van der Waals surface area contributed by atoms with Crippen molar-refractivity contribution in [1.82, 2.24) is 14.8 Å². The van der Waals surface area contributed by atoms with Crippen LogP contribution in [0.5, 0.6) is 5.75 Å². The van der Waals surface area contributed by atoms with Crippen LogP contribution in [0.3, 0.4) is 0 Å². The van der Waals surface area contributed by atoms with Gasteiger partial charge in [-0.2, -0.15) is 0 Å². The first-order valence-corrected chi connectivity index (χ1v) is 10.2. The molecule has 1 aromatic heterocycles. The molecular formula is C22H24ClF2N3O5. The Balaban J connectivity index is 0.00000306. The lowest BCUT2D eigenvalue weighted by Crippen LogP contribution is -2.68. The van der Waals surface area contributed by atoms with Crippen LogP contribution in [0.25, 0.3) is 0 Å². The van der Waals surface area contributed by atoms with Crippen LogP contribution in [-0.2, 0) is 13.1 Å². The summed E-state index contributed by atoms with van der Waals surface area (Å²) in [6, 6.07) is 2.67. The molecule has 2 amide bonds. The van der Waals surface area contributed by atoms with Gasteiger partial charge in [-0.1, -0.05) is 6.07 Å². The molecule has 2 aliphatic rings. The summed E-state index contributed by atoms with van der Waals surface area (Å²) >= 11 is 0. The topological polar surface area (TPSA) is 112 Å². The van der Waals surface area contributed by atoms with Crippen molar-refractivity contribution >= 4 is 24.2 Å². The summed E-state index contributed by atoms with van der Waals surface area (Å²) in [5, 5.41) is 22.8. The number of hydrogen-bond donors (Lipinski definition) is 3. The standard InChI is InChI=1S/C22H23F2N3O5.ClH/c1-11(2)27-21(32)17-19(30)18(29)15(9-26(17)10-22(27)6-14(28)7-22)20(31)25-8-12-3-4-13(23)5-16(12)24;/h3-5,9,11,14,28,30H,6-8,10H2,1-2H3,(H,25,31);1H/t14-,22-;. The minimum Gasteiger partial charge on any atom is -0.503 e. The molecule has 11 heteroatoms. The average molecular weight is 484 g/mol. The number of pyridine rings is 1. The Labute approximate surface area is 194 Å². The smallest absolute Gasteiger partial charge is 0.275 e. The number of aromatic nitrogens is 1. The highest BCUT2D eigenvalue weighted by Gasteiger charge is 2.54. The summed E-state index contributed by atoms with van der Waals surface area (Å²) in [7, 11) is 0. The first-order chi connectivity index (χ1) is 15.0. The fraction of sp³-hybridized carbons (Fsp3) is 0.409. The summed E-state index contributed by atoms with van der Waals surface area (Å²) in [6.45, 7) is 3.52. The predicted octanol–water partition coefficient (Wildman–Crippen LogP) is 1.94. The van der Waals surface area contributed by atoms with E-state index >= 15 is 0 Å². The number of halogens is 3. The number of hydrogen-bond acceptors (Lipinski definition) is 5. The van der Waals surface area contributed by atoms with Crippen molar-refractivity contribution in [3.8, 4) is 5.75 Å². The molecule has 1 fully saturated rings. The van der Waals surface area contributed by atoms with Crippen molar-refractivity contribution in [3.05, 3.63) is 63.1 Å². The van der Waals surface area contributed by atoms with E-state index in [4.69, 9.17) is 0 Å². The number of fused-ring (bicyclic) bond motifs is 1. The van der Waals surface area contributed by atoms with Gasteiger partial charge in [0.1, 0.15) is 17.2 Å². The van der Waals surface area contributed by atoms with Crippen molar-refractivity contribution < 1.29 is 28.6 Å². The Hall–Kier alpha value is -2.98. The van der Waals surface area contributed by atoms with Crippen LogP contribution in [0.15, 0.2) is 29.2 Å². The summed E-state index contributed by atoms with van der Waals surface area (Å²) in [4.78, 5) is 40.0. The zero-order valence-corrected chi connectivity index (χ0v) is 18.8. The second-order valence-electron chi connectivity index (χ2n) is 8.67. The van der Waals surface area contributed by atoms with Crippen LogP contribution < -0.4 is 10.7 Å². The van der Waals surface area contributed by atoms with E-state index < -0.39 is 51.8 Å². The Morgan fingerprint density at radius 1 is 1.27 bits per heavy atom. The summed E-state index contributed by atoms with van der Waals surface area (Å²) < 4.78 is 28.2. The van der Waals surface area contributed by atoms with Crippen LogP contribution in [0.2, 0.25) is 0 Å². The normalized spacial score (nSPS) is 21.5. The number of nitrogens with one attached hydrogen (secondary N) is 1. The van der Waals surface area contributed by atoms with Crippen molar-refractivity contribution in [2.45, 2.75) is 57.5 Å². The zero-order valence-electron chi connectivity index (χ0n) is 18.0. The number of carbonyl (C=O) groups excluding carboxylic acids is 2. The van der Waals surface area contributed by atoms with Crippen LogP contribution in [-0.4, -0.2) is 49.2 Å². The van der Waals surface area contributed by atoms with Gasteiger partial charge in [-0.05, 0) is 32.8 Å². The molecule has 1 aromatic carbocycles. The molecule has 0 unspecified atom stereocenters. The van der Waals surface area contributed by atoms with E-state index in [1.54, 1.807) is 4.90 Å². The lowest BCUT2D eigenvalue weighted by molar-refractivity contribution is -0.0860. The highest BCUT2D eigenvalue weighted by atomic mass is 35.5. The van der Waals surface area contributed by atoms with Crippen molar-refractivity contribution in [2.75, 3.05) is 0 Å². The maximum absolute atomic E-state index is 13.8. The second-order valence-corrected chi connectivity index (χ2v) is 8.67. The Morgan fingerprint density at radius 3 is 2.52 bits per heavy atom. The molecule has 2 heterocycles. The summed E-state index contributed by atoms with van der Waals surface area (Å²) in [6.07, 6.45) is 1.32. The van der Waals surface area contributed by atoms with Gasteiger partial charge in [-0.15, -0.1) is 12.4 Å². The third kappa shape index (κ3) is 4.08. The molecule has 8 nitrogen and oxygen atoms in total. The number of carbonyl (C=O) groups is 2. The van der Waals surface area contributed by atoms with E-state index in [2.05, 4.69) is 5.32 Å². The number of benzene rings is 1. The molecule has 0 saturated heterocycles. The minimum atomic E-state index is -1.02. The van der Waals surface area contributed by atoms with Gasteiger partial charge in [0.15, 0.2) is 11.4 Å². The van der Waals surface area contributed by atoms with E-state index in [0.717, 1.165) is 6.07 Å². The third-order valence-corrected chi connectivity index (χ3v) is 6.10. The lowest BCUT2D eigenvalue weighted by Gasteiger charge is -2.57. The summed E-state index contributed by atoms with van der Waals surface area (Å²) in [5.74, 6) is -3.86. The SMILES string of the molecule is CC(C)N1C(=O)c2c(O)c(=O)c(C(=O)NCc3ccc(F)cc3F)cn2C[C@]12C[C@@H](O)C2.Cl. The number of nitrogens with zero attached hydrogens (tertiary/aromatic N) is 2. The van der Waals surface area contributed by atoms with Crippen LogP contribution in [0.4, 0.5) is 8.78 Å². The monoisotopic (exact) mass is 483 g/mol. The molecule has 0 bridgehead atoms. The van der Waals surface area contributed by atoms with Gasteiger partial charge >= 0.3 is 0 Å². The molecular weight excluding hydrogens is 460 g/mol. The van der Waals surface area contributed by atoms with Crippen molar-refractivity contribution in [3.63, 3.8) is 0 Å². The molecule has 3 N–H and O–H groups in total. The zero-order chi connectivity index (χ0) is 23.4. The maximum Gasteiger partial charge on any atom is 0.275 e. The molecule has 2 aromatic rings. The largest absolute Gasteiger partial charge is 0.503 e. The minimum absolute atomic E-state index is 0. The van der Waals surface area contributed by atoms with Gasteiger partial charge in [0.2, 0.25) is 5.43 Å². The van der Waals surface area contributed by atoms with Gasteiger partial charge in [0.05, 0.1) is 11.6 Å². The molecule has 178 valence electrons. The first kappa shape index (κ1) is 24.7. The molecule has 1 spiro atoms. The molecule has 1 aliphatic heterocycles. The van der Waals surface area contributed by atoms with E-state index in [-0.39, 0.29) is 42.8 Å². The molecule has 4 rings (SSSR count). The molecule has 1 aliphatic carbocycles. The van der Waals surface area contributed by atoms with E-state index in [1.165, 1.54) is 16.8 Å². The Bertz CT molecular complexity index is 1180. The quantitative estimate of drug-likeness (QED) is 0.615. The van der Waals surface area contributed by atoms with Crippen molar-refractivity contribution in [2.24, 2.45) is 0 Å². The van der Waals surface area contributed by atoms with Crippen LogP contribution in [0.1, 0.15) is 53.1 Å². The predicted molar refractivity (Wildman–Crippen MR) is 116 cm³/mol. The van der Waals surface area contributed by atoms with Gasteiger partial charge in [-0.3, -0.25) is 14.4 Å². The number of amides is 2. The van der Waals surface area contributed by atoms with Gasteiger partial charge in [0.25, 0.3) is 11.8 Å². The second kappa shape index (κ2) is 8.75. The van der Waals surface area contributed by atoms with E-state index in [1.807, 2.05) is 13.8 Å². The van der Waals surface area contributed by atoms with Gasteiger partial charge < -0.3 is 25.0 Å². The first-order valence-electron chi connectivity index (χ1n) is 10.2. The van der Waals surface area contributed by atoms with Gasteiger partial charge in [-0.25, -0.2) is 8.78 Å². The maximum atomic E-state index is 13.8. The highest BCUT2D eigenvalue weighted by Crippen LogP contribution is 2.44. The van der Waals surface area contributed by atoms with E-state index in [9.17, 15) is 33.4 Å². The molecule has 1 saturated carbocycles. The fourth-order valence-corrected chi connectivity index (χ4v) is 4.74. The Morgan fingerprint density at radius 2 is 1.94 bits per heavy atom. The molecule has 0 radical (unpaired) electrons. The lowest BCUT2D eigenvalue weighted by atomic mass is 9.71. The van der Waals surface area contributed by atoms with Crippen molar-refractivity contribution in [1.29, 1.82) is 0 Å². The average Bonchev–Trinajstić information content (AvgIpc) is 2.68. The molecule has 33 heavy (non-hydrogen) atoms. The molecule has 0 atom stereocenters. The van der Waals surface area contributed by atoms with Gasteiger partial charge in [0, 0.05) is 37.0 Å². The summed E-state index contributed by atoms with van der Waals surface area (Å²) in [5.41, 5.74) is -2.29. The third-order valence-electron chi connectivity index (χ3n) is 6.10. The van der Waals surface area contributed by atoms with Crippen LogP contribution >= 0.6 is 12.4 Å². The fourth-order valence-electron chi connectivity index (χ4n) is 4.74.